The maximum Gasteiger partial charge on any atom is 0.308 e. The topological polar surface area (TPSA) is 69.6 Å². The molecule has 1 atom stereocenters. The van der Waals surface area contributed by atoms with E-state index in [-0.39, 0.29) is 13.0 Å². The van der Waals surface area contributed by atoms with E-state index in [2.05, 4.69) is 12.2 Å². The summed E-state index contributed by atoms with van der Waals surface area (Å²) in [4.78, 5) is 12.6. The molecule has 3 N–H and O–H groups in total. The largest absolute Gasteiger partial charge is 0.481 e. The first-order valence-corrected chi connectivity index (χ1v) is 6.61. The van der Waals surface area contributed by atoms with Crippen molar-refractivity contribution in [3.8, 4) is 0 Å². The number of aliphatic hydroxyl groups is 1. The number of aliphatic carboxylic acids is 1. The highest BCUT2D eigenvalue weighted by Crippen LogP contribution is 2.17. The Morgan fingerprint density at radius 3 is 2.76 bits per heavy atom. The van der Waals surface area contributed by atoms with Gasteiger partial charge in [-0.15, -0.1) is 11.3 Å². The van der Waals surface area contributed by atoms with Crippen LogP contribution in [0.3, 0.4) is 0 Å². The van der Waals surface area contributed by atoms with Crippen LogP contribution in [0, 0.1) is 0 Å². The minimum absolute atomic E-state index is 0.0957. The summed E-state index contributed by atoms with van der Waals surface area (Å²) < 4.78 is 0. The summed E-state index contributed by atoms with van der Waals surface area (Å²) in [5.74, 6) is -0.793. The van der Waals surface area contributed by atoms with Gasteiger partial charge in [0.2, 0.25) is 0 Å². The van der Waals surface area contributed by atoms with Crippen molar-refractivity contribution >= 4 is 17.3 Å². The lowest BCUT2D eigenvalue weighted by Gasteiger charge is -2.14. The van der Waals surface area contributed by atoms with Crippen LogP contribution in [-0.2, 0) is 17.8 Å². The Morgan fingerprint density at radius 2 is 2.18 bits per heavy atom. The standard InChI is InChI=1S/C12H19NO3S/c1-2-9(5-6-14)13-8-11-4-3-10(17-11)7-12(15)16/h3-4,9,13-14H,2,5-8H2,1H3,(H,15,16). The Hall–Kier alpha value is -0.910. The predicted octanol–water partition coefficient (Wildman–Crippen LogP) is 1.63. The molecule has 1 unspecified atom stereocenters. The normalized spacial score (nSPS) is 12.6. The molecule has 1 aromatic rings. The SMILES string of the molecule is CCC(CCO)NCc1ccc(CC(=O)O)s1. The van der Waals surface area contributed by atoms with Crippen LogP contribution in [0.2, 0.25) is 0 Å². The van der Waals surface area contributed by atoms with Gasteiger partial charge in [0.25, 0.3) is 0 Å². The molecule has 0 fully saturated rings. The molecule has 0 spiro atoms. The Bertz CT molecular complexity index is 351. The van der Waals surface area contributed by atoms with Gasteiger partial charge in [0.1, 0.15) is 0 Å². The van der Waals surface area contributed by atoms with E-state index in [9.17, 15) is 4.79 Å². The maximum absolute atomic E-state index is 10.5. The summed E-state index contributed by atoms with van der Waals surface area (Å²) in [5.41, 5.74) is 0. The first kappa shape index (κ1) is 14.2. The van der Waals surface area contributed by atoms with Gasteiger partial charge in [-0.3, -0.25) is 4.79 Å². The third kappa shape index (κ3) is 5.30. The van der Waals surface area contributed by atoms with Crippen LogP contribution in [0.15, 0.2) is 12.1 Å². The van der Waals surface area contributed by atoms with E-state index < -0.39 is 5.97 Å². The number of carboxylic acid groups (broad SMARTS) is 1. The summed E-state index contributed by atoms with van der Waals surface area (Å²) in [7, 11) is 0. The number of hydrogen-bond acceptors (Lipinski definition) is 4. The molecular formula is C12H19NO3S. The van der Waals surface area contributed by atoms with E-state index in [0.717, 1.165) is 29.1 Å². The summed E-state index contributed by atoms with van der Waals surface area (Å²) in [6.07, 6.45) is 1.83. The molecule has 0 aliphatic heterocycles. The molecular weight excluding hydrogens is 238 g/mol. The third-order valence-corrected chi connectivity index (χ3v) is 3.66. The second-order valence-corrected chi connectivity index (χ2v) is 5.19. The minimum atomic E-state index is -0.793. The van der Waals surface area contributed by atoms with E-state index in [1.165, 1.54) is 11.3 Å². The highest BCUT2D eigenvalue weighted by atomic mass is 32.1. The van der Waals surface area contributed by atoms with E-state index >= 15 is 0 Å². The zero-order valence-electron chi connectivity index (χ0n) is 9.98. The van der Waals surface area contributed by atoms with E-state index in [1.807, 2.05) is 12.1 Å². The molecule has 0 amide bonds. The van der Waals surface area contributed by atoms with Crippen molar-refractivity contribution in [1.29, 1.82) is 0 Å². The van der Waals surface area contributed by atoms with Gasteiger partial charge in [-0.05, 0) is 25.0 Å². The Morgan fingerprint density at radius 1 is 1.47 bits per heavy atom. The van der Waals surface area contributed by atoms with Crippen LogP contribution in [-0.4, -0.2) is 28.8 Å². The second kappa shape index (κ2) is 7.42. The van der Waals surface area contributed by atoms with Crippen molar-refractivity contribution in [3.05, 3.63) is 21.9 Å². The fourth-order valence-corrected chi connectivity index (χ4v) is 2.57. The molecule has 96 valence electrons. The quantitative estimate of drug-likeness (QED) is 0.662. The lowest BCUT2D eigenvalue weighted by Crippen LogP contribution is -2.28. The van der Waals surface area contributed by atoms with Gasteiger partial charge in [-0.1, -0.05) is 6.92 Å². The first-order valence-electron chi connectivity index (χ1n) is 5.79. The average Bonchev–Trinajstić information content (AvgIpc) is 2.71. The van der Waals surface area contributed by atoms with Gasteiger partial charge in [0.15, 0.2) is 0 Å². The summed E-state index contributed by atoms with van der Waals surface area (Å²) in [6, 6.07) is 4.15. The number of rotatable bonds is 8. The van der Waals surface area contributed by atoms with Gasteiger partial charge >= 0.3 is 5.97 Å². The van der Waals surface area contributed by atoms with Crippen LogP contribution in [0.4, 0.5) is 0 Å². The molecule has 0 saturated heterocycles. The fraction of sp³-hybridized carbons (Fsp3) is 0.583. The molecule has 0 saturated carbocycles. The molecule has 1 aromatic heterocycles. The second-order valence-electron chi connectivity index (χ2n) is 3.94. The van der Waals surface area contributed by atoms with Crippen molar-refractivity contribution in [2.24, 2.45) is 0 Å². The molecule has 0 aliphatic carbocycles. The average molecular weight is 257 g/mol. The number of nitrogens with one attached hydrogen (secondary N) is 1. The maximum atomic E-state index is 10.5. The van der Waals surface area contributed by atoms with Crippen LogP contribution < -0.4 is 5.32 Å². The number of hydrogen-bond donors (Lipinski definition) is 3. The van der Waals surface area contributed by atoms with E-state index in [4.69, 9.17) is 10.2 Å². The van der Waals surface area contributed by atoms with Crippen molar-refractivity contribution in [2.45, 2.75) is 38.8 Å². The Labute approximate surface area is 105 Å². The zero-order valence-corrected chi connectivity index (χ0v) is 10.8. The molecule has 0 bridgehead atoms. The number of thiophene rings is 1. The van der Waals surface area contributed by atoms with Crippen molar-refractivity contribution in [2.75, 3.05) is 6.61 Å². The third-order valence-electron chi connectivity index (χ3n) is 2.58. The van der Waals surface area contributed by atoms with Gasteiger partial charge in [0.05, 0.1) is 6.42 Å². The van der Waals surface area contributed by atoms with Crippen LogP contribution in [0.5, 0.6) is 0 Å². The molecule has 0 radical (unpaired) electrons. The molecule has 0 aromatic carbocycles. The predicted molar refractivity (Wildman–Crippen MR) is 68.3 cm³/mol. The highest BCUT2D eigenvalue weighted by Gasteiger charge is 2.07. The van der Waals surface area contributed by atoms with E-state index in [1.54, 1.807) is 0 Å². The van der Waals surface area contributed by atoms with Crippen molar-refractivity contribution in [1.82, 2.24) is 5.32 Å². The summed E-state index contributed by atoms with van der Waals surface area (Å²) in [6.45, 7) is 3.01. The lowest BCUT2D eigenvalue weighted by atomic mass is 10.1. The highest BCUT2D eigenvalue weighted by molar-refractivity contribution is 7.12. The zero-order chi connectivity index (χ0) is 12.7. The summed E-state index contributed by atoms with van der Waals surface area (Å²) in [5, 5.41) is 20.9. The monoisotopic (exact) mass is 257 g/mol. The van der Waals surface area contributed by atoms with Gasteiger partial charge in [-0.2, -0.15) is 0 Å². The molecule has 0 aliphatic rings. The van der Waals surface area contributed by atoms with E-state index in [0.29, 0.717) is 6.04 Å². The first-order chi connectivity index (χ1) is 8.15. The smallest absolute Gasteiger partial charge is 0.308 e. The van der Waals surface area contributed by atoms with Crippen LogP contribution >= 0.6 is 11.3 Å². The van der Waals surface area contributed by atoms with Crippen LogP contribution in [0.25, 0.3) is 0 Å². The molecule has 1 rings (SSSR count). The van der Waals surface area contributed by atoms with Crippen molar-refractivity contribution < 1.29 is 15.0 Å². The minimum Gasteiger partial charge on any atom is -0.481 e. The van der Waals surface area contributed by atoms with Gasteiger partial charge in [-0.25, -0.2) is 0 Å². The molecule has 5 heteroatoms. The number of carboxylic acids is 1. The fourth-order valence-electron chi connectivity index (χ4n) is 1.61. The molecule has 17 heavy (non-hydrogen) atoms. The lowest BCUT2D eigenvalue weighted by molar-refractivity contribution is -0.136. The Kier molecular flexibility index (Phi) is 6.18. The van der Waals surface area contributed by atoms with Crippen molar-refractivity contribution in [3.63, 3.8) is 0 Å². The number of aliphatic hydroxyl groups excluding tert-OH is 1. The Balaban J connectivity index is 2.40. The van der Waals surface area contributed by atoms with Gasteiger partial charge < -0.3 is 15.5 Å². The van der Waals surface area contributed by atoms with Crippen LogP contribution in [0.1, 0.15) is 29.5 Å². The molecule has 4 nitrogen and oxygen atoms in total. The van der Waals surface area contributed by atoms with Gasteiger partial charge in [0, 0.05) is 28.9 Å². The summed E-state index contributed by atoms with van der Waals surface area (Å²) >= 11 is 1.53. The molecule has 1 heterocycles. The number of carbonyl (C=O) groups is 1.